The summed E-state index contributed by atoms with van der Waals surface area (Å²) < 4.78 is 5.32. The molecule has 2 unspecified atom stereocenters. The van der Waals surface area contributed by atoms with Crippen LogP contribution in [0.3, 0.4) is 0 Å². The van der Waals surface area contributed by atoms with E-state index in [1.54, 1.807) is 18.0 Å². The van der Waals surface area contributed by atoms with Gasteiger partial charge in [0.1, 0.15) is 5.76 Å². The van der Waals surface area contributed by atoms with Crippen molar-refractivity contribution in [2.45, 2.75) is 55.2 Å². The summed E-state index contributed by atoms with van der Waals surface area (Å²) >= 11 is 1.80. The molecule has 1 aliphatic carbocycles. The summed E-state index contributed by atoms with van der Waals surface area (Å²) in [4.78, 5) is 13.0. The molecule has 0 bridgehead atoms. The maximum atomic E-state index is 11.8. The van der Waals surface area contributed by atoms with Crippen LogP contribution in [0, 0.1) is 6.92 Å². The van der Waals surface area contributed by atoms with Crippen LogP contribution in [0.5, 0.6) is 0 Å². The Hall–Kier alpha value is -0.940. The predicted molar refractivity (Wildman–Crippen MR) is 77.2 cm³/mol. The van der Waals surface area contributed by atoms with Gasteiger partial charge in [-0.1, -0.05) is 6.92 Å². The molecule has 4 nitrogen and oxygen atoms in total. The van der Waals surface area contributed by atoms with E-state index < -0.39 is 5.54 Å². The van der Waals surface area contributed by atoms with Gasteiger partial charge < -0.3 is 15.5 Å². The third-order valence-electron chi connectivity index (χ3n) is 3.80. The fourth-order valence-electron chi connectivity index (χ4n) is 2.81. The highest BCUT2D eigenvalue weighted by Crippen LogP contribution is 2.39. The lowest BCUT2D eigenvalue weighted by atomic mass is 9.80. The van der Waals surface area contributed by atoms with Gasteiger partial charge in [-0.25, -0.2) is 0 Å². The number of hydrogen-bond acceptors (Lipinski definition) is 4. The second kappa shape index (κ2) is 6.01. The Bertz CT molecular complexity index is 442. The minimum Gasteiger partial charge on any atom is -0.468 e. The van der Waals surface area contributed by atoms with Gasteiger partial charge in [-0.2, -0.15) is 0 Å². The number of primary amides is 1. The minimum atomic E-state index is -0.525. The molecule has 1 fully saturated rings. The Morgan fingerprint density at radius 1 is 1.68 bits per heavy atom. The van der Waals surface area contributed by atoms with Crippen LogP contribution in [0.2, 0.25) is 0 Å². The summed E-state index contributed by atoms with van der Waals surface area (Å²) in [5.41, 5.74) is 5.10. The standard InChI is InChI=1S/C14H22N2O2S/c1-3-16-14(13(15)17)7-4-5-11(9-14)19-12-6-8-18-10(12)2/h6,8,11,16H,3-5,7,9H2,1-2H3,(H2,15,17). The number of furan rings is 1. The van der Waals surface area contributed by atoms with E-state index >= 15 is 0 Å². The van der Waals surface area contributed by atoms with E-state index in [1.165, 1.54) is 4.90 Å². The van der Waals surface area contributed by atoms with Crippen molar-refractivity contribution in [1.29, 1.82) is 0 Å². The normalized spacial score (nSPS) is 27.4. The van der Waals surface area contributed by atoms with Gasteiger partial charge in [0.2, 0.25) is 5.91 Å². The van der Waals surface area contributed by atoms with E-state index in [2.05, 4.69) is 5.32 Å². The zero-order chi connectivity index (χ0) is 13.9. The molecule has 0 saturated heterocycles. The molecule has 5 heteroatoms. The molecule has 2 atom stereocenters. The summed E-state index contributed by atoms with van der Waals surface area (Å²) in [5.74, 6) is 0.729. The molecule has 3 N–H and O–H groups in total. The number of amides is 1. The number of aryl methyl sites for hydroxylation is 1. The predicted octanol–water partition coefficient (Wildman–Crippen LogP) is 2.46. The van der Waals surface area contributed by atoms with Crippen molar-refractivity contribution in [2.24, 2.45) is 5.73 Å². The van der Waals surface area contributed by atoms with E-state index in [1.807, 2.05) is 19.9 Å². The molecule has 1 heterocycles. The van der Waals surface area contributed by atoms with Crippen molar-refractivity contribution in [3.8, 4) is 0 Å². The van der Waals surface area contributed by atoms with Gasteiger partial charge in [-0.15, -0.1) is 11.8 Å². The first-order chi connectivity index (χ1) is 9.07. The van der Waals surface area contributed by atoms with Crippen LogP contribution in [0.4, 0.5) is 0 Å². The molecule has 19 heavy (non-hydrogen) atoms. The van der Waals surface area contributed by atoms with Crippen molar-refractivity contribution in [2.75, 3.05) is 6.54 Å². The largest absolute Gasteiger partial charge is 0.468 e. The number of carbonyl (C=O) groups is 1. The van der Waals surface area contributed by atoms with Crippen LogP contribution in [0.1, 0.15) is 38.4 Å². The first-order valence-electron chi connectivity index (χ1n) is 6.83. The Balaban J connectivity index is 2.07. The quantitative estimate of drug-likeness (QED) is 0.870. The first kappa shape index (κ1) is 14.5. The number of nitrogens with one attached hydrogen (secondary N) is 1. The van der Waals surface area contributed by atoms with Crippen LogP contribution < -0.4 is 11.1 Å². The fraction of sp³-hybridized carbons (Fsp3) is 0.643. The summed E-state index contributed by atoms with van der Waals surface area (Å²) in [7, 11) is 0. The minimum absolute atomic E-state index is 0.219. The molecular formula is C14H22N2O2S. The summed E-state index contributed by atoms with van der Waals surface area (Å²) in [5, 5.41) is 3.72. The SMILES string of the molecule is CCNC1(C(N)=O)CCCC(Sc2ccoc2C)C1. The third kappa shape index (κ3) is 3.15. The van der Waals surface area contributed by atoms with Gasteiger partial charge in [-0.05, 0) is 45.2 Å². The number of hydrogen-bond donors (Lipinski definition) is 2. The summed E-state index contributed by atoms with van der Waals surface area (Å²) in [6, 6.07) is 1.99. The number of nitrogens with two attached hydrogens (primary N) is 1. The molecule has 1 aromatic heterocycles. The van der Waals surface area contributed by atoms with Crippen LogP contribution in [0.15, 0.2) is 21.6 Å². The molecular weight excluding hydrogens is 260 g/mol. The zero-order valence-corrected chi connectivity index (χ0v) is 12.4. The number of carbonyl (C=O) groups excluding carboxylic acids is 1. The Kier molecular flexibility index (Phi) is 4.58. The van der Waals surface area contributed by atoms with E-state index in [0.717, 1.165) is 38.0 Å². The Morgan fingerprint density at radius 2 is 2.47 bits per heavy atom. The molecule has 1 aliphatic rings. The summed E-state index contributed by atoms with van der Waals surface area (Å²) in [6.07, 6.45) is 5.51. The Labute approximate surface area is 118 Å². The highest BCUT2D eigenvalue weighted by atomic mass is 32.2. The van der Waals surface area contributed by atoms with Crippen LogP contribution in [-0.2, 0) is 4.79 Å². The van der Waals surface area contributed by atoms with Gasteiger partial charge in [0, 0.05) is 10.1 Å². The number of likely N-dealkylation sites (N-methyl/N-ethyl adjacent to an activating group) is 1. The van der Waals surface area contributed by atoms with Gasteiger partial charge >= 0.3 is 0 Å². The monoisotopic (exact) mass is 282 g/mol. The number of thioether (sulfide) groups is 1. The smallest absolute Gasteiger partial charge is 0.237 e. The van der Waals surface area contributed by atoms with E-state index in [4.69, 9.17) is 10.2 Å². The highest BCUT2D eigenvalue weighted by molar-refractivity contribution is 8.00. The van der Waals surface area contributed by atoms with Crippen molar-refractivity contribution < 1.29 is 9.21 Å². The van der Waals surface area contributed by atoms with Gasteiger partial charge in [0.25, 0.3) is 0 Å². The maximum Gasteiger partial charge on any atom is 0.237 e. The van der Waals surface area contributed by atoms with E-state index in [-0.39, 0.29) is 5.91 Å². The van der Waals surface area contributed by atoms with Gasteiger partial charge in [-0.3, -0.25) is 4.79 Å². The molecule has 2 rings (SSSR count). The lowest BCUT2D eigenvalue weighted by molar-refractivity contribution is -0.125. The second-order valence-electron chi connectivity index (χ2n) is 5.15. The average Bonchev–Trinajstić information content (AvgIpc) is 2.76. The average molecular weight is 282 g/mol. The van der Waals surface area contributed by atoms with Gasteiger partial charge in [0.05, 0.1) is 11.8 Å². The molecule has 0 radical (unpaired) electrons. The Morgan fingerprint density at radius 3 is 3.05 bits per heavy atom. The van der Waals surface area contributed by atoms with Crippen molar-refractivity contribution >= 4 is 17.7 Å². The molecule has 0 aliphatic heterocycles. The third-order valence-corrected chi connectivity index (χ3v) is 5.21. The zero-order valence-electron chi connectivity index (χ0n) is 11.6. The molecule has 0 aromatic carbocycles. The van der Waals surface area contributed by atoms with Crippen LogP contribution in [-0.4, -0.2) is 23.2 Å². The van der Waals surface area contributed by atoms with E-state index in [9.17, 15) is 4.79 Å². The topological polar surface area (TPSA) is 68.3 Å². The number of rotatable bonds is 5. The maximum absolute atomic E-state index is 11.8. The second-order valence-corrected chi connectivity index (χ2v) is 6.50. The van der Waals surface area contributed by atoms with E-state index in [0.29, 0.717) is 5.25 Å². The lowest BCUT2D eigenvalue weighted by Gasteiger charge is -2.38. The van der Waals surface area contributed by atoms with Crippen molar-refractivity contribution in [3.05, 3.63) is 18.1 Å². The lowest BCUT2D eigenvalue weighted by Crippen LogP contribution is -2.58. The first-order valence-corrected chi connectivity index (χ1v) is 7.71. The van der Waals surface area contributed by atoms with Crippen molar-refractivity contribution in [3.63, 3.8) is 0 Å². The highest BCUT2D eigenvalue weighted by Gasteiger charge is 2.41. The molecule has 0 spiro atoms. The van der Waals surface area contributed by atoms with Gasteiger partial charge in [0.15, 0.2) is 0 Å². The summed E-state index contributed by atoms with van der Waals surface area (Å²) in [6.45, 7) is 4.75. The molecule has 106 valence electrons. The van der Waals surface area contributed by atoms with Crippen LogP contribution in [0.25, 0.3) is 0 Å². The molecule has 1 saturated carbocycles. The fourth-order valence-corrected chi connectivity index (χ4v) is 4.17. The molecule has 1 amide bonds. The molecule has 1 aromatic rings. The van der Waals surface area contributed by atoms with Crippen LogP contribution >= 0.6 is 11.8 Å². The van der Waals surface area contributed by atoms with Crippen molar-refractivity contribution in [1.82, 2.24) is 5.32 Å².